The lowest BCUT2D eigenvalue weighted by atomic mass is 10.1. The SMILES string of the molecule is O=C1c2ccccc2C(=O)N1Cc1ccc([N+](=O)[O-])c(F)c1. The van der Waals surface area contributed by atoms with E-state index in [2.05, 4.69) is 0 Å². The normalized spacial score (nSPS) is 13.4. The molecule has 3 rings (SSSR count). The molecule has 0 unspecified atom stereocenters. The van der Waals surface area contributed by atoms with Crippen LogP contribution in [-0.4, -0.2) is 21.6 Å². The van der Waals surface area contributed by atoms with Crippen LogP contribution in [0.1, 0.15) is 26.3 Å². The summed E-state index contributed by atoms with van der Waals surface area (Å²) in [5.41, 5.74) is 0.258. The third-order valence-corrected chi connectivity index (χ3v) is 3.43. The number of halogens is 1. The first-order chi connectivity index (χ1) is 10.5. The van der Waals surface area contributed by atoms with E-state index in [1.165, 1.54) is 6.07 Å². The Labute approximate surface area is 123 Å². The number of imide groups is 1. The van der Waals surface area contributed by atoms with Crippen molar-refractivity contribution in [2.24, 2.45) is 0 Å². The van der Waals surface area contributed by atoms with Gasteiger partial charge in [0, 0.05) is 6.07 Å². The van der Waals surface area contributed by atoms with Gasteiger partial charge in [0.15, 0.2) is 0 Å². The van der Waals surface area contributed by atoms with Crippen molar-refractivity contribution in [1.82, 2.24) is 4.90 Å². The molecule has 2 aromatic rings. The molecular weight excluding hydrogens is 291 g/mol. The Hall–Kier alpha value is -3.09. The monoisotopic (exact) mass is 300 g/mol. The Morgan fingerprint density at radius 3 is 2.14 bits per heavy atom. The van der Waals surface area contributed by atoms with Crippen molar-refractivity contribution in [2.45, 2.75) is 6.54 Å². The van der Waals surface area contributed by atoms with Gasteiger partial charge in [-0.3, -0.25) is 24.6 Å². The molecule has 2 aromatic carbocycles. The van der Waals surface area contributed by atoms with Crippen LogP contribution in [0.25, 0.3) is 0 Å². The zero-order chi connectivity index (χ0) is 15.9. The molecule has 0 spiro atoms. The molecule has 0 aromatic heterocycles. The number of carbonyl (C=O) groups is 2. The molecule has 0 aliphatic carbocycles. The van der Waals surface area contributed by atoms with Crippen molar-refractivity contribution >= 4 is 17.5 Å². The molecule has 0 bridgehead atoms. The average Bonchev–Trinajstić information content (AvgIpc) is 2.73. The molecule has 0 saturated heterocycles. The van der Waals surface area contributed by atoms with Gasteiger partial charge < -0.3 is 0 Å². The van der Waals surface area contributed by atoms with Crippen LogP contribution in [-0.2, 0) is 6.54 Å². The third kappa shape index (κ3) is 2.12. The number of carbonyl (C=O) groups excluding carboxylic acids is 2. The summed E-state index contributed by atoms with van der Waals surface area (Å²) >= 11 is 0. The molecule has 1 aliphatic rings. The minimum atomic E-state index is -1.00. The molecule has 6 nitrogen and oxygen atoms in total. The van der Waals surface area contributed by atoms with Crippen molar-refractivity contribution in [3.8, 4) is 0 Å². The van der Waals surface area contributed by atoms with Gasteiger partial charge in [0.25, 0.3) is 11.8 Å². The van der Waals surface area contributed by atoms with E-state index in [-0.39, 0.29) is 6.54 Å². The van der Waals surface area contributed by atoms with Crippen LogP contribution in [0.5, 0.6) is 0 Å². The van der Waals surface area contributed by atoms with Crippen LogP contribution in [0.15, 0.2) is 42.5 Å². The quantitative estimate of drug-likeness (QED) is 0.495. The maximum atomic E-state index is 13.6. The number of nitrogens with zero attached hydrogens (tertiary/aromatic N) is 2. The zero-order valence-corrected chi connectivity index (χ0v) is 11.2. The number of rotatable bonds is 3. The van der Waals surface area contributed by atoms with E-state index in [4.69, 9.17) is 0 Å². The summed E-state index contributed by atoms with van der Waals surface area (Å²) in [6.45, 7) is -0.138. The molecule has 22 heavy (non-hydrogen) atoms. The van der Waals surface area contributed by atoms with Gasteiger partial charge >= 0.3 is 5.69 Å². The van der Waals surface area contributed by atoms with Crippen LogP contribution in [0.2, 0.25) is 0 Å². The molecule has 7 heteroatoms. The lowest BCUT2D eigenvalue weighted by Gasteiger charge is -2.13. The molecular formula is C15H9FN2O4. The number of benzene rings is 2. The summed E-state index contributed by atoms with van der Waals surface area (Å²) < 4.78 is 13.6. The highest BCUT2D eigenvalue weighted by Gasteiger charge is 2.35. The summed E-state index contributed by atoms with van der Waals surface area (Å²) in [5, 5.41) is 10.6. The standard InChI is InChI=1S/C15H9FN2O4/c16-12-7-9(5-6-13(12)18(21)22)8-17-14(19)10-3-1-2-4-11(10)15(17)20/h1-7H,8H2. The Morgan fingerprint density at radius 2 is 1.64 bits per heavy atom. The third-order valence-electron chi connectivity index (χ3n) is 3.43. The molecule has 2 amide bonds. The van der Waals surface area contributed by atoms with Crippen LogP contribution >= 0.6 is 0 Å². The van der Waals surface area contributed by atoms with Crippen LogP contribution in [0.3, 0.4) is 0 Å². The fourth-order valence-electron chi connectivity index (χ4n) is 2.36. The maximum absolute atomic E-state index is 13.6. The van der Waals surface area contributed by atoms with Gasteiger partial charge in [0.2, 0.25) is 5.82 Å². The van der Waals surface area contributed by atoms with Crippen LogP contribution in [0, 0.1) is 15.9 Å². The first-order valence-electron chi connectivity index (χ1n) is 6.37. The lowest BCUT2D eigenvalue weighted by molar-refractivity contribution is -0.387. The van der Waals surface area contributed by atoms with E-state index >= 15 is 0 Å². The van der Waals surface area contributed by atoms with Crippen molar-refractivity contribution in [1.29, 1.82) is 0 Å². The van der Waals surface area contributed by atoms with E-state index in [9.17, 15) is 24.1 Å². The summed E-state index contributed by atoms with van der Waals surface area (Å²) in [7, 11) is 0. The van der Waals surface area contributed by atoms with E-state index in [1.807, 2.05) is 0 Å². The van der Waals surface area contributed by atoms with Gasteiger partial charge in [0.05, 0.1) is 22.6 Å². The highest BCUT2D eigenvalue weighted by molar-refractivity contribution is 6.21. The predicted octanol–water partition coefficient (Wildman–Crippen LogP) is 2.53. The summed E-state index contributed by atoms with van der Waals surface area (Å²) in [6.07, 6.45) is 0. The van der Waals surface area contributed by atoms with Gasteiger partial charge in [-0.25, -0.2) is 0 Å². The molecule has 0 saturated carbocycles. The van der Waals surface area contributed by atoms with Gasteiger partial charge in [-0.15, -0.1) is 0 Å². The Balaban J connectivity index is 1.89. The van der Waals surface area contributed by atoms with Gasteiger partial charge in [-0.05, 0) is 23.8 Å². The predicted molar refractivity (Wildman–Crippen MR) is 73.7 cm³/mol. The number of nitro benzene ring substituents is 1. The highest BCUT2D eigenvalue weighted by Crippen LogP contribution is 2.25. The van der Waals surface area contributed by atoms with E-state index in [1.54, 1.807) is 24.3 Å². The highest BCUT2D eigenvalue weighted by atomic mass is 19.1. The fraction of sp³-hybridized carbons (Fsp3) is 0.0667. The smallest absolute Gasteiger partial charge is 0.270 e. The van der Waals surface area contributed by atoms with E-state index < -0.39 is 28.2 Å². The second-order valence-electron chi connectivity index (χ2n) is 4.78. The second kappa shape index (κ2) is 5.03. The van der Waals surface area contributed by atoms with E-state index in [0.29, 0.717) is 16.7 Å². The Morgan fingerprint density at radius 1 is 1.05 bits per heavy atom. The lowest BCUT2D eigenvalue weighted by Crippen LogP contribution is -2.29. The first-order valence-corrected chi connectivity index (χ1v) is 6.37. The molecule has 1 heterocycles. The molecule has 1 aliphatic heterocycles. The second-order valence-corrected chi connectivity index (χ2v) is 4.78. The molecule has 0 atom stereocenters. The maximum Gasteiger partial charge on any atom is 0.304 e. The molecule has 110 valence electrons. The van der Waals surface area contributed by atoms with Crippen molar-refractivity contribution in [3.63, 3.8) is 0 Å². The number of hydrogen-bond acceptors (Lipinski definition) is 4. The number of nitro groups is 1. The van der Waals surface area contributed by atoms with Crippen LogP contribution in [0.4, 0.5) is 10.1 Å². The average molecular weight is 300 g/mol. The number of amides is 2. The Kier molecular flexibility index (Phi) is 3.17. The minimum Gasteiger partial charge on any atom is -0.270 e. The Bertz CT molecular complexity index is 784. The van der Waals surface area contributed by atoms with Crippen molar-refractivity contribution < 1.29 is 18.9 Å². The van der Waals surface area contributed by atoms with Gasteiger partial charge in [-0.1, -0.05) is 18.2 Å². The number of hydrogen-bond donors (Lipinski definition) is 0. The topological polar surface area (TPSA) is 80.5 Å². The van der Waals surface area contributed by atoms with Gasteiger partial charge in [-0.2, -0.15) is 4.39 Å². The minimum absolute atomic E-state index is 0.138. The fourth-order valence-corrected chi connectivity index (χ4v) is 2.36. The van der Waals surface area contributed by atoms with Gasteiger partial charge in [0.1, 0.15) is 0 Å². The zero-order valence-electron chi connectivity index (χ0n) is 11.2. The van der Waals surface area contributed by atoms with Crippen LogP contribution < -0.4 is 0 Å². The summed E-state index contributed by atoms with van der Waals surface area (Å²) in [5.74, 6) is -1.92. The summed E-state index contributed by atoms with van der Waals surface area (Å²) in [6, 6.07) is 9.70. The summed E-state index contributed by atoms with van der Waals surface area (Å²) in [4.78, 5) is 35.1. The molecule has 0 fully saturated rings. The first kappa shape index (κ1) is 13.9. The number of fused-ring (bicyclic) bond motifs is 1. The molecule has 0 N–H and O–H groups in total. The largest absolute Gasteiger partial charge is 0.304 e. The molecule has 0 radical (unpaired) electrons. The van der Waals surface area contributed by atoms with Crippen molar-refractivity contribution in [3.05, 3.63) is 75.1 Å². The van der Waals surface area contributed by atoms with Crippen molar-refractivity contribution in [2.75, 3.05) is 0 Å². The van der Waals surface area contributed by atoms with E-state index in [0.717, 1.165) is 17.0 Å².